The van der Waals surface area contributed by atoms with E-state index in [4.69, 9.17) is 4.74 Å². The van der Waals surface area contributed by atoms with Crippen LogP contribution in [0.25, 0.3) is 10.1 Å². The van der Waals surface area contributed by atoms with Gasteiger partial charge >= 0.3 is 117 Å². The van der Waals surface area contributed by atoms with Gasteiger partial charge in [0.2, 0.25) is 0 Å². The number of aromatic nitrogens is 1. The number of carbonyl (C=O) groups excluding carboxylic acids is 1. The van der Waals surface area contributed by atoms with Gasteiger partial charge in [0.1, 0.15) is 0 Å². The van der Waals surface area contributed by atoms with E-state index in [-0.39, 0.29) is 26.2 Å². The fraction of sp³-hybridized carbons (Fsp3) is 0.286. The molecule has 19 heavy (non-hydrogen) atoms. The van der Waals surface area contributed by atoms with Crippen molar-refractivity contribution in [3.05, 3.63) is 33.9 Å². The molecule has 0 aliphatic rings. The summed E-state index contributed by atoms with van der Waals surface area (Å²) in [5.41, 5.74) is 2.49. The van der Waals surface area contributed by atoms with Crippen LogP contribution in [-0.4, -0.2) is 37.2 Å². The number of hydrogen-bond acceptors (Lipinski definition) is 4. The van der Waals surface area contributed by atoms with Gasteiger partial charge in [-0.2, -0.15) is 0 Å². The fourth-order valence-electron chi connectivity index (χ4n) is 1.69. The van der Waals surface area contributed by atoms with Crippen LogP contribution in [0.3, 0.4) is 0 Å². The molecule has 0 bridgehead atoms. The van der Waals surface area contributed by atoms with Gasteiger partial charge in [-0.1, -0.05) is 0 Å². The van der Waals surface area contributed by atoms with Crippen molar-refractivity contribution < 1.29 is 14.6 Å². The zero-order valence-electron chi connectivity index (χ0n) is 11.1. The van der Waals surface area contributed by atoms with Crippen LogP contribution in [0.1, 0.15) is 27.4 Å². The zero-order chi connectivity index (χ0) is 14.0. The minimum atomic E-state index is -0.269. The third-order valence-electron chi connectivity index (χ3n) is 2.70. The molecule has 1 aromatic carbocycles. The molecule has 0 radical (unpaired) electrons. The molecule has 1 aromatic heterocycles. The summed E-state index contributed by atoms with van der Waals surface area (Å²) >= 11 is -0.139. The molecular weight excluding hydrogens is 309 g/mol. The number of phenols is 1. The summed E-state index contributed by atoms with van der Waals surface area (Å²) in [5, 5.41) is 9.53. The number of aromatic hydroxyl groups is 1. The summed E-state index contributed by atoms with van der Waals surface area (Å²) < 4.78 is 6.60. The second-order valence-corrected chi connectivity index (χ2v) is 6.25. The predicted octanol–water partition coefficient (Wildman–Crippen LogP) is 2.30. The number of aryl methyl sites for hydroxylation is 2. The summed E-state index contributed by atoms with van der Waals surface area (Å²) in [6, 6.07) is 5.36. The Kier molecular flexibility index (Phi) is 4.07. The Morgan fingerprint density at radius 3 is 2.79 bits per heavy atom. The summed E-state index contributed by atoms with van der Waals surface area (Å²) in [7, 11) is 0. The molecule has 2 rings (SSSR count). The molecule has 2 aromatic rings. The molecule has 0 aliphatic carbocycles. The molecule has 1 heterocycles. The molecule has 0 aliphatic heterocycles. The quantitative estimate of drug-likeness (QED) is 0.695. The van der Waals surface area contributed by atoms with Crippen LogP contribution >= 0.6 is 0 Å². The molecule has 5 heteroatoms. The van der Waals surface area contributed by atoms with Gasteiger partial charge in [0.15, 0.2) is 0 Å². The van der Waals surface area contributed by atoms with E-state index in [1.807, 2.05) is 26.0 Å². The number of hydrogen-bond donors (Lipinski definition) is 1. The maximum atomic E-state index is 11.8. The number of rotatable bonds is 3. The topological polar surface area (TPSA) is 59.4 Å². The van der Waals surface area contributed by atoms with Gasteiger partial charge in [-0.05, 0) is 0 Å². The zero-order valence-corrected chi connectivity index (χ0v) is 12.8. The van der Waals surface area contributed by atoms with E-state index < -0.39 is 0 Å². The van der Waals surface area contributed by atoms with Gasteiger partial charge in [-0.25, -0.2) is 0 Å². The molecule has 0 unspecified atom stereocenters. The number of esters is 1. The Morgan fingerprint density at radius 1 is 1.42 bits per heavy atom. The Bertz CT molecular complexity index is 619. The van der Waals surface area contributed by atoms with Crippen molar-refractivity contribution in [1.82, 2.24) is 4.98 Å². The van der Waals surface area contributed by atoms with E-state index in [1.165, 1.54) is 0 Å². The predicted molar refractivity (Wildman–Crippen MR) is 73.7 cm³/mol. The van der Waals surface area contributed by atoms with Crippen molar-refractivity contribution in [2.45, 2.75) is 20.8 Å². The van der Waals surface area contributed by atoms with E-state index in [0.29, 0.717) is 11.0 Å². The second kappa shape index (κ2) is 5.59. The Morgan fingerprint density at radius 2 is 2.16 bits per heavy atom. The second-order valence-electron chi connectivity index (χ2n) is 4.16. The van der Waals surface area contributed by atoms with E-state index in [9.17, 15) is 9.90 Å². The molecule has 4 nitrogen and oxygen atoms in total. The van der Waals surface area contributed by atoms with Crippen LogP contribution < -0.4 is 0 Å². The monoisotopic (exact) mass is 325 g/mol. The van der Waals surface area contributed by atoms with Crippen LogP contribution in [-0.2, 0) is 4.74 Å². The van der Waals surface area contributed by atoms with E-state index in [1.54, 1.807) is 13.0 Å². The first-order chi connectivity index (χ1) is 9.02. The third kappa shape index (κ3) is 2.88. The first kappa shape index (κ1) is 13.8. The van der Waals surface area contributed by atoms with E-state index >= 15 is 0 Å². The SMILES string of the molecule is CCOC(=O)c1[se]c(-c2ccc(O)c(C)c2)nc1C. The van der Waals surface area contributed by atoms with Crippen LogP contribution in [0.15, 0.2) is 18.2 Å². The molecule has 0 amide bonds. The minimum absolute atomic E-state index is 0.139. The molecule has 0 saturated heterocycles. The summed E-state index contributed by atoms with van der Waals surface area (Å²) in [6.45, 7) is 5.84. The van der Waals surface area contributed by atoms with Crippen LogP contribution in [0, 0.1) is 13.8 Å². The Labute approximate surface area is 117 Å². The Hall–Kier alpha value is -1.58. The summed E-state index contributed by atoms with van der Waals surface area (Å²) in [5.74, 6) is -0.000561. The molecule has 100 valence electrons. The van der Waals surface area contributed by atoms with Gasteiger partial charge in [-0.3, -0.25) is 0 Å². The van der Waals surface area contributed by atoms with Crippen molar-refractivity contribution in [1.29, 1.82) is 0 Å². The molecule has 0 atom stereocenters. The molecule has 0 spiro atoms. The fourth-order valence-corrected chi connectivity index (χ4v) is 3.70. The average molecular weight is 324 g/mol. The standard InChI is InChI=1S/C14H15NO3Se/c1-4-18-14(17)12-9(3)15-13(19-12)10-5-6-11(16)8(2)7-10/h5-7,16H,4H2,1-3H3. The number of carbonyl (C=O) groups is 1. The van der Waals surface area contributed by atoms with E-state index in [0.717, 1.165) is 21.4 Å². The van der Waals surface area contributed by atoms with Gasteiger partial charge in [0, 0.05) is 0 Å². The molecule has 0 fully saturated rings. The van der Waals surface area contributed by atoms with Crippen LogP contribution in [0.2, 0.25) is 0 Å². The van der Waals surface area contributed by atoms with Gasteiger partial charge in [-0.15, -0.1) is 0 Å². The molecule has 1 N–H and O–H groups in total. The van der Waals surface area contributed by atoms with Gasteiger partial charge < -0.3 is 0 Å². The maximum absolute atomic E-state index is 11.8. The van der Waals surface area contributed by atoms with Crippen LogP contribution in [0.5, 0.6) is 5.75 Å². The number of phenolic OH excluding ortho intramolecular Hbond substituents is 1. The first-order valence-corrected chi connectivity index (χ1v) is 7.68. The van der Waals surface area contributed by atoms with Crippen molar-refractivity contribution in [2.24, 2.45) is 0 Å². The number of benzene rings is 1. The van der Waals surface area contributed by atoms with Crippen LogP contribution in [0.4, 0.5) is 0 Å². The number of nitrogens with zero attached hydrogens (tertiary/aromatic N) is 1. The summed E-state index contributed by atoms with van der Waals surface area (Å²) in [4.78, 5) is 16.2. The summed E-state index contributed by atoms with van der Waals surface area (Å²) in [6.07, 6.45) is 0. The van der Waals surface area contributed by atoms with Crippen molar-refractivity contribution >= 4 is 20.5 Å². The first-order valence-electron chi connectivity index (χ1n) is 5.97. The third-order valence-corrected chi connectivity index (χ3v) is 5.19. The normalized spacial score (nSPS) is 10.5. The molecule has 0 saturated carbocycles. The van der Waals surface area contributed by atoms with E-state index in [2.05, 4.69) is 4.98 Å². The average Bonchev–Trinajstić information content (AvgIpc) is 2.75. The van der Waals surface area contributed by atoms with Crippen molar-refractivity contribution in [3.63, 3.8) is 0 Å². The number of ether oxygens (including phenoxy) is 1. The molecular formula is C14H15NO3Se. The van der Waals surface area contributed by atoms with Gasteiger partial charge in [0.05, 0.1) is 0 Å². The van der Waals surface area contributed by atoms with Crippen molar-refractivity contribution in [3.8, 4) is 15.9 Å². The Balaban J connectivity index is 2.38. The van der Waals surface area contributed by atoms with Crippen molar-refractivity contribution in [2.75, 3.05) is 6.61 Å². The van der Waals surface area contributed by atoms with Gasteiger partial charge in [0.25, 0.3) is 0 Å².